The minimum atomic E-state index is -0.325. The maximum Gasteiger partial charge on any atom is 0.257 e. The molecule has 1 N–H and O–H groups in total. The summed E-state index contributed by atoms with van der Waals surface area (Å²) in [6, 6.07) is 13.9. The Morgan fingerprint density at radius 1 is 1.12 bits per heavy atom. The Balaban J connectivity index is 1.80. The highest BCUT2D eigenvalue weighted by atomic mass is 32.2. The first-order valence-corrected chi connectivity index (χ1v) is 9.65. The van der Waals surface area contributed by atoms with E-state index in [1.54, 1.807) is 18.3 Å². The monoisotopic (exact) mass is 367 g/mol. The van der Waals surface area contributed by atoms with Crippen LogP contribution in [0, 0.1) is 5.82 Å². The summed E-state index contributed by atoms with van der Waals surface area (Å²) in [5.41, 5.74) is 2.58. The molecule has 132 valence electrons. The number of hydrogen-bond acceptors (Lipinski definition) is 4. The van der Waals surface area contributed by atoms with Gasteiger partial charge >= 0.3 is 0 Å². The van der Waals surface area contributed by atoms with Crippen molar-refractivity contribution >= 4 is 39.9 Å². The van der Waals surface area contributed by atoms with E-state index in [1.165, 1.54) is 12.1 Å². The molecular weight excluding hydrogens is 349 g/mol. The van der Waals surface area contributed by atoms with Gasteiger partial charge in [0.15, 0.2) is 0 Å². The summed E-state index contributed by atoms with van der Waals surface area (Å²) in [4.78, 5) is 19.4. The van der Waals surface area contributed by atoms with Gasteiger partial charge in [-0.25, -0.2) is 4.39 Å². The van der Waals surface area contributed by atoms with Crippen molar-refractivity contribution in [1.82, 2.24) is 9.88 Å². The molecule has 1 fully saturated rings. The minimum Gasteiger partial charge on any atom is -0.354 e. The first kappa shape index (κ1) is 16.8. The number of carbonyl (C=O) groups excluding carboxylic acids is 1. The summed E-state index contributed by atoms with van der Waals surface area (Å²) in [5.74, 6) is 1.52. The third-order valence-electron chi connectivity index (χ3n) is 4.40. The Kier molecular flexibility index (Phi) is 4.75. The number of aromatic nitrogens is 1. The van der Waals surface area contributed by atoms with Gasteiger partial charge < -0.3 is 10.2 Å². The smallest absolute Gasteiger partial charge is 0.257 e. The van der Waals surface area contributed by atoms with Gasteiger partial charge in [0.25, 0.3) is 5.91 Å². The van der Waals surface area contributed by atoms with Gasteiger partial charge in [0.2, 0.25) is 0 Å². The molecule has 0 aliphatic carbocycles. The van der Waals surface area contributed by atoms with E-state index in [0.717, 1.165) is 35.5 Å². The molecule has 2 heterocycles. The van der Waals surface area contributed by atoms with Gasteiger partial charge in [-0.3, -0.25) is 9.78 Å². The number of carbonyl (C=O) groups is 1. The summed E-state index contributed by atoms with van der Waals surface area (Å²) in [7, 11) is 0. The number of nitrogens with zero attached hydrogens (tertiary/aromatic N) is 2. The summed E-state index contributed by atoms with van der Waals surface area (Å²) in [6.07, 6.45) is 1.62. The number of rotatable bonds is 3. The lowest BCUT2D eigenvalue weighted by molar-refractivity contribution is 0.0773. The van der Waals surface area contributed by atoms with Crippen molar-refractivity contribution in [2.75, 3.05) is 29.9 Å². The maximum absolute atomic E-state index is 13.6. The Bertz CT molecular complexity index is 957. The summed E-state index contributed by atoms with van der Waals surface area (Å²) < 4.78 is 13.6. The van der Waals surface area contributed by atoms with Crippen molar-refractivity contribution in [2.24, 2.45) is 0 Å². The third kappa shape index (κ3) is 3.37. The van der Waals surface area contributed by atoms with Crippen LogP contribution in [0.2, 0.25) is 0 Å². The second kappa shape index (κ2) is 7.33. The minimum absolute atomic E-state index is 0.0394. The molecule has 4 nitrogen and oxygen atoms in total. The van der Waals surface area contributed by atoms with Gasteiger partial charge in [0.05, 0.1) is 16.8 Å². The van der Waals surface area contributed by atoms with Crippen LogP contribution in [0.5, 0.6) is 0 Å². The molecule has 26 heavy (non-hydrogen) atoms. The summed E-state index contributed by atoms with van der Waals surface area (Å²) in [6.45, 7) is 1.46. The topological polar surface area (TPSA) is 45.2 Å². The van der Waals surface area contributed by atoms with Crippen molar-refractivity contribution < 1.29 is 9.18 Å². The molecule has 1 aromatic heterocycles. The average Bonchev–Trinajstić information content (AvgIpc) is 2.68. The molecule has 0 atom stereocenters. The zero-order valence-electron chi connectivity index (χ0n) is 14.1. The fraction of sp³-hybridized carbons (Fsp3) is 0.200. The first-order valence-electron chi connectivity index (χ1n) is 8.50. The molecular formula is C20H18FN3OS. The molecule has 1 amide bonds. The highest BCUT2D eigenvalue weighted by Gasteiger charge is 2.23. The van der Waals surface area contributed by atoms with Crippen LogP contribution in [-0.4, -0.2) is 40.4 Å². The number of fused-ring (bicyclic) bond motifs is 1. The zero-order chi connectivity index (χ0) is 17.9. The highest BCUT2D eigenvalue weighted by Crippen LogP contribution is 2.30. The van der Waals surface area contributed by atoms with E-state index < -0.39 is 0 Å². The average molecular weight is 367 g/mol. The van der Waals surface area contributed by atoms with Gasteiger partial charge in [-0.2, -0.15) is 11.8 Å². The number of amides is 1. The number of para-hydroxylation sites is 1. The van der Waals surface area contributed by atoms with E-state index in [-0.39, 0.29) is 11.7 Å². The molecule has 1 aliphatic heterocycles. The van der Waals surface area contributed by atoms with Crippen molar-refractivity contribution in [1.29, 1.82) is 0 Å². The van der Waals surface area contributed by atoms with Crippen molar-refractivity contribution in [3.63, 3.8) is 0 Å². The highest BCUT2D eigenvalue weighted by molar-refractivity contribution is 7.99. The quantitative estimate of drug-likeness (QED) is 0.749. The molecule has 0 radical (unpaired) electrons. The normalized spacial score (nSPS) is 14.4. The molecule has 4 rings (SSSR count). The molecule has 1 aliphatic rings. The van der Waals surface area contributed by atoms with E-state index in [0.29, 0.717) is 16.9 Å². The second-order valence-electron chi connectivity index (χ2n) is 6.10. The number of benzene rings is 2. The van der Waals surface area contributed by atoms with Crippen LogP contribution in [-0.2, 0) is 0 Å². The predicted molar refractivity (Wildman–Crippen MR) is 105 cm³/mol. The first-order chi connectivity index (χ1) is 12.7. The number of halogens is 1. The van der Waals surface area contributed by atoms with Crippen LogP contribution in [0.15, 0.2) is 54.7 Å². The standard InChI is InChI=1S/C20H18FN3OS/c21-14-4-3-5-15(12-14)23-19-16-6-1-2-7-18(16)22-13-17(19)20(25)24-8-10-26-11-9-24/h1-7,12-13H,8-11H2,(H,22,23). The molecule has 0 unspecified atom stereocenters. The van der Waals surface area contributed by atoms with Crippen LogP contribution in [0.4, 0.5) is 15.8 Å². The number of anilines is 2. The van der Waals surface area contributed by atoms with E-state index in [9.17, 15) is 9.18 Å². The lowest BCUT2D eigenvalue weighted by Crippen LogP contribution is -2.38. The second-order valence-corrected chi connectivity index (χ2v) is 7.33. The van der Waals surface area contributed by atoms with E-state index in [2.05, 4.69) is 10.3 Å². The van der Waals surface area contributed by atoms with E-state index in [1.807, 2.05) is 40.9 Å². The Hall–Kier alpha value is -2.60. The molecule has 0 bridgehead atoms. The fourth-order valence-corrected chi connectivity index (χ4v) is 3.99. The van der Waals surface area contributed by atoms with Crippen LogP contribution < -0.4 is 5.32 Å². The molecule has 2 aromatic carbocycles. The molecule has 1 saturated heterocycles. The van der Waals surface area contributed by atoms with E-state index in [4.69, 9.17) is 0 Å². The maximum atomic E-state index is 13.6. The predicted octanol–water partition coefficient (Wildman–Crippen LogP) is 4.31. The van der Waals surface area contributed by atoms with Gasteiger partial charge in [0.1, 0.15) is 5.82 Å². The van der Waals surface area contributed by atoms with E-state index >= 15 is 0 Å². The zero-order valence-corrected chi connectivity index (χ0v) is 14.9. The summed E-state index contributed by atoms with van der Waals surface area (Å²) >= 11 is 1.86. The van der Waals surface area contributed by atoms with Gasteiger partial charge in [-0.05, 0) is 24.3 Å². The van der Waals surface area contributed by atoms with Gasteiger partial charge in [0, 0.05) is 41.9 Å². The third-order valence-corrected chi connectivity index (χ3v) is 5.34. The number of pyridine rings is 1. The lowest BCUT2D eigenvalue weighted by atomic mass is 10.1. The van der Waals surface area contributed by atoms with Crippen molar-refractivity contribution in [3.05, 3.63) is 66.1 Å². The van der Waals surface area contributed by atoms with Crippen molar-refractivity contribution in [3.8, 4) is 0 Å². The molecule has 3 aromatic rings. The number of hydrogen-bond donors (Lipinski definition) is 1. The van der Waals surface area contributed by atoms with Crippen LogP contribution >= 0.6 is 11.8 Å². The molecule has 0 spiro atoms. The number of nitrogens with one attached hydrogen (secondary N) is 1. The number of thioether (sulfide) groups is 1. The molecule has 0 saturated carbocycles. The molecule has 6 heteroatoms. The fourth-order valence-electron chi connectivity index (χ4n) is 3.09. The van der Waals surface area contributed by atoms with Gasteiger partial charge in [-0.15, -0.1) is 0 Å². The van der Waals surface area contributed by atoms with Crippen molar-refractivity contribution in [2.45, 2.75) is 0 Å². The largest absolute Gasteiger partial charge is 0.354 e. The lowest BCUT2D eigenvalue weighted by Gasteiger charge is -2.27. The SMILES string of the molecule is O=C(c1cnc2ccccc2c1Nc1cccc(F)c1)N1CCSCC1. The van der Waals surface area contributed by atoms with Crippen LogP contribution in [0.1, 0.15) is 10.4 Å². The Labute approximate surface area is 155 Å². The van der Waals surface area contributed by atoms with Gasteiger partial charge in [-0.1, -0.05) is 24.3 Å². The van der Waals surface area contributed by atoms with Crippen LogP contribution in [0.3, 0.4) is 0 Å². The Morgan fingerprint density at radius 3 is 2.73 bits per heavy atom. The van der Waals surface area contributed by atoms with Crippen LogP contribution in [0.25, 0.3) is 10.9 Å². The summed E-state index contributed by atoms with van der Waals surface area (Å²) in [5, 5.41) is 4.09. The Morgan fingerprint density at radius 2 is 1.92 bits per heavy atom.